The Bertz CT molecular complexity index is 3560. The second-order valence-electron chi connectivity index (χ2n) is 15.3. The van der Waals surface area contributed by atoms with Crippen LogP contribution in [0.4, 0.5) is 0 Å². The van der Waals surface area contributed by atoms with Gasteiger partial charge in [-0.25, -0.2) is 24.9 Å². The van der Waals surface area contributed by atoms with Gasteiger partial charge in [0.2, 0.25) is 0 Å². The standard InChI is InChI=1S/C55H34N6O/c1-4-15-36(16-5-1)52-58-53(37-17-6-2-7-18-37)60-54(59-52)38-29-27-35(28-30-38)39-19-14-20-40(33-39)49-51-50(44-24-11-13-26-48(44)62-51)57-55(56-49)41-31-32-47-45(34-41)43-23-10-12-25-46(43)61(47)42-21-8-3-9-22-42/h1-34H. The molecular weight excluding hydrogens is 761 g/mol. The molecule has 62 heavy (non-hydrogen) atoms. The molecule has 0 unspecified atom stereocenters. The Morgan fingerprint density at radius 3 is 1.55 bits per heavy atom. The lowest BCUT2D eigenvalue weighted by Gasteiger charge is -2.10. The Morgan fingerprint density at radius 2 is 0.839 bits per heavy atom. The summed E-state index contributed by atoms with van der Waals surface area (Å²) in [6.07, 6.45) is 0. The fourth-order valence-electron chi connectivity index (χ4n) is 8.48. The van der Waals surface area contributed by atoms with Crippen molar-refractivity contribution in [1.82, 2.24) is 29.5 Å². The fraction of sp³-hybridized carbons (Fsp3) is 0. The zero-order valence-electron chi connectivity index (χ0n) is 33.2. The first-order chi connectivity index (χ1) is 30.7. The van der Waals surface area contributed by atoms with Gasteiger partial charge in [-0.05, 0) is 65.7 Å². The van der Waals surface area contributed by atoms with E-state index in [1.165, 1.54) is 5.39 Å². The first-order valence-corrected chi connectivity index (χ1v) is 20.6. The van der Waals surface area contributed by atoms with Crippen LogP contribution in [0.5, 0.6) is 0 Å². The average Bonchev–Trinajstić information content (AvgIpc) is 3.90. The maximum atomic E-state index is 6.56. The smallest absolute Gasteiger partial charge is 0.180 e. The van der Waals surface area contributed by atoms with Crippen LogP contribution >= 0.6 is 0 Å². The first kappa shape index (κ1) is 35.4. The third kappa shape index (κ3) is 6.11. The van der Waals surface area contributed by atoms with Crippen molar-refractivity contribution in [3.05, 3.63) is 206 Å². The second-order valence-corrected chi connectivity index (χ2v) is 15.3. The van der Waals surface area contributed by atoms with Crippen molar-refractivity contribution in [1.29, 1.82) is 0 Å². The molecule has 290 valence electrons. The molecule has 8 aromatic carbocycles. The highest BCUT2D eigenvalue weighted by Crippen LogP contribution is 2.39. The topological polar surface area (TPSA) is 82.5 Å². The summed E-state index contributed by atoms with van der Waals surface area (Å²) >= 11 is 0. The van der Waals surface area contributed by atoms with E-state index < -0.39 is 0 Å². The van der Waals surface area contributed by atoms with Gasteiger partial charge in [0, 0.05) is 49.7 Å². The summed E-state index contributed by atoms with van der Waals surface area (Å²) in [5.74, 6) is 2.51. The quantitative estimate of drug-likeness (QED) is 0.160. The lowest BCUT2D eigenvalue weighted by molar-refractivity contribution is 0.667. The molecule has 0 aliphatic rings. The molecule has 0 bridgehead atoms. The van der Waals surface area contributed by atoms with Crippen LogP contribution in [0.3, 0.4) is 0 Å². The molecule has 0 fully saturated rings. The number of hydrogen-bond acceptors (Lipinski definition) is 6. The van der Waals surface area contributed by atoms with Gasteiger partial charge in [-0.15, -0.1) is 0 Å². The predicted octanol–water partition coefficient (Wildman–Crippen LogP) is 13.7. The van der Waals surface area contributed by atoms with E-state index in [0.717, 1.165) is 83.2 Å². The molecule has 0 aliphatic carbocycles. The van der Waals surface area contributed by atoms with Crippen LogP contribution in [0.25, 0.3) is 117 Å². The van der Waals surface area contributed by atoms with Crippen LogP contribution in [0.15, 0.2) is 211 Å². The molecule has 7 nitrogen and oxygen atoms in total. The van der Waals surface area contributed by atoms with Crippen LogP contribution in [0.1, 0.15) is 0 Å². The monoisotopic (exact) mass is 794 g/mol. The van der Waals surface area contributed by atoms with Crippen molar-refractivity contribution in [3.8, 4) is 73.6 Å². The van der Waals surface area contributed by atoms with Gasteiger partial charge in [0.05, 0.1) is 11.0 Å². The van der Waals surface area contributed by atoms with Gasteiger partial charge in [-0.1, -0.05) is 152 Å². The van der Waals surface area contributed by atoms with Crippen molar-refractivity contribution in [3.63, 3.8) is 0 Å². The van der Waals surface area contributed by atoms with Crippen LogP contribution in [-0.4, -0.2) is 29.5 Å². The lowest BCUT2D eigenvalue weighted by atomic mass is 9.99. The maximum Gasteiger partial charge on any atom is 0.180 e. The number of nitrogens with zero attached hydrogens (tertiary/aromatic N) is 6. The summed E-state index contributed by atoms with van der Waals surface area (Å²) in [7, 11) is 0. The largest absolute Gasteiger partial charge is 0.452 e. The highest BCUT2D eigenvalue weighted by Gasteiger charge is 2.20. The molecular formula is C55H34N6O. The van der Waals surface area contributed by atoms with Gasteiger partial charge in [0.1, 0.15) is 16.8 Å². The highest BCUT2D eigenvalue weighted by atomic mass is 16.3. The Balaban J connectivity index is 0.958. The van der Waals surface area contributed by atoms with E-state index >= 15 is 0 Å². The Kier molecular flexibility index (Phi) is 8.35. The van der Waals surface area contributed by atoms with Crippen molar-refractivity contribution >= 4 is 43.9 Å². The Labute approximate surface area is 356 Å². The molecule has 0 amide bonds. The first-order valence-electron chi connectivity index (χ1n) is 20.6. The molecule has 12 rings (SSSR count). The van der Waals surface area contributed by atoms with Gasteiger partial charge in [-0.2, -0.15) is 0 Å². The van der Waals surface area contributed by atoms with Gasteiger partial charge >= 0.3 is 0 Å². The van der Waals surface area contributed by atoms with Crippen molar-refractivity contribution < 1.29 is 4.42 Å². The van der Waals surface area contributed by atoms with Crippen molar-refractivity contribution in [2.45, 2.75) is 0 Å². The third-order valence-corrected chi connectivity index (χ3v) is 11.5. The van der Waals surface area contributed by atoms with E-state index in [-0.39, 0.29) is 0 Å². The van der Waals surface area contributed by atoms with E-state index in [1.807, 2.05) is 84.9 Å². The Hall–Kier alpha value is -8.55. The summed E-state index contributed by atoms with van der Waals surface area (Å²) in [6.45, 7) is 0. The number of furan rings is 1. The minimum Gasteiger partial charge on any atom is -0.452 e. The molecule has 0 N–H and O–H groups in total. The molecule has 0 aliphatic heterocycles. The van der Waals surface area contributed by atoms with E-state index in [4.69, 9.17) is 29.3 Å². The highest BCUT2D eigenvalue weighted by molar-refractivity contribution is 6.11. The zero-order valence-corrected chi connectivity index (χ0v) is 33.2. The second kappa shape index (κ2) is 14.6. The zero-order chi connectivity index (χ0) is 41.0. The van der Waals surface area contributed by atoms with Crippen molar-refractivity contribution in [2.24, 2.45) is 0 Å². The summed E-state index contributed by atoms with van der Waals surface area (Å²) in [5.41, 5.74) is 13.0. The number of benzene rings is 8. The SMILES string of the molecule is c1ccc(-c2nc(-c3ccccc3)nc(-c3ccc(-c4cccc(-c5nc(-c6ccc7c(c6)c6ccccc6n7-c6ccccc6)nc6c5oc5ccccc56)c4)cc3)n2)cc1. The van der Waals surface area contributed by atoms with Crippen molar-refractivity contribution in [2.75, 3.05) is 0 Å². The summed E-state index contributed by atoms with van der Waals surface area (Å²) in [4.78, 5) is 25.3. The molecule has 4 heterocycles. The van der Waals surface area contributed by atoms with Crippen LogP contribution in [0, 0.1) is 0 Å². The average molecular weight is 795 g/mol. The minimum absolute atomic E-state index is 0.613. The number of rotatable bonds is 7. The number of aromatic nitrogens is 6. The Morgan fingerprint density at radius 1 is 0.323 bits per heavy atom. The van der Waals surface area contributed by atoms with Gasteiger partial charge in [0.15, 0.2) is 28.9 Å². The molecule has 0 atom stereocenters. The van der Waals surface area contributed by atoms with Gasteiger partial charge in [0.25, 0.3) is 0 Å². The summed E-state index contributed by atoms with van der Waals surface area (Å²) in [5, 5.41) is 3.26. The van der Waals surface area contributed by atoms with E-state index in [1.54, 1.807) is 0 Å². The molecule has 0 spiro atoms. The molecule has 12 aromatic rings. The third-order valence-electron chi connectivity index (χ3n) is 11.5. The molecule has 4 aromatic heterocycles. The molecule has 0 saturated carbocycles. The van der Waals surface area contributed by atoms with Gasteiger partial charge < -0.3 is 8.98 Å². The summed E-state index contributed by atoms with van der Waals surface area (Å²) in [6, 6.07) is 70.6. The van der Waals surface area contributed by atoms with E-state index in [2.05, 4.69) is 126 Å². The fourth-order valence-corrected chi connectivity index (χ4v) is 8.48. The van der Waals surface area contributed by atoms with Crippen LogP contribution in [-0.2, 0) is 0 Å². The molecule has 0 radical (unpaired) electrons. The molecule has 0 saturated heterocycles. The predicted molar refractivity (Wildman–Crippen MR) is 250 cm³/mol. The van der Waals surface area contributed by atoms with E-state index in [9.17, 15) is 0 Å². The van der Waals surface area contributed by atoms with E-state index in [0.29, 0.717) is 28.9 Å². The van der Waals surface area contributed by atoms with Crippen LogP contribution < -0.4 is 0 Å². The maximum absolute atomic E-state index is 6.56. The normalized spacial score (nSPS) is 11.5. The molecule has 7 heteroatoms. The van der Waals surface area contributed by atoms with Gasteiger partial charge in [-0.3, -0.25) is 0 Å². The number of para-hydroxylation sites is 3. The lowest BCUT2D eigenvalue weighted by Crippen LogP contribution is -2.00. The van der Waals surface area contributed by atoms with Crippen LogP contribution in [0.2, 0.25) is 0 Å². The number of hydrogen-bond donors (Lipinski definition) is 0. The number of fused-ring (bicyclic) bond motifs is 6. The summed E-state index contributed by atoms with van der Waals surface area (Å²) < 4.78 is 8.87. The minimum atomic E-state index is 0.613.